The Morgan fingerprint density at radius 2 is 1.73 bits per heavy atom. The van der Waals surface area contributed by atoms with Crippen LogP contribution in [0.15, 0.2) is 41.1 Å². The van der Waals surface area contributed by atoms with Crippen LogP contribution in [0.2, 0.25) is 0 Å². The lowest BCUT2D eigenvalue weighted by atomic mass is 10.0. The molecule has 0 fully saturated rings. The Hall–Kier alpha value is -2.40. The van der Waals surface area contributed by atoms with Crippen molar-refractivity contribution in [2.24, 2.45) is 0 Å². The molecule has 10 heteroatoms. The standard InChI is InChI=1S/C27H47N5O4S/c1-11-23(29-18-27(5,6)31(8)19-28-7)13-12-22(4)30-25(33)14-15-32(9)37(34,35)26-20(2)16-24(36-10)17-21(26)3/h11,16-17,28-29H,4,12-15,18-19H2,1-3,5-10H3,(H,30,33)/b23-11+. The van der Waals surface area contributed by atoms with Crippen LogP contribution in [0.3, 0.4) is 0 Å². The number of carbonyl (C=O) groups is 1. The maximum atomic E-state index is 13.1. The number of hydrogen-bond acceptors (Lipinski definition) is 7. The number of methoxy groups -OCH3 is 1. The van der Waals surface area contributed by atoms with Crippen molar-refractivity contribution in [3.05, 3.63) is 47.3 Å². The van der Waals surface area contributed by atoms with Crippen LogP contribution >= 0.6 is 0 Å². The van der Waals surface area contributed by atoms with Gasteiger partial charge in [-0.2, -0.15) is 0 Å². The average Bonchev–Trinajstić information content (AvgIpc) is 2.81. The molecule has 3 N–H and O–H groups in total. The smallest absolute Gasteiger partial charge is 0.243 e. The fourth-order valence-corrected chi connectivity index (χ4v) is 5.40. The molecule has 1 aromatic carbocycles. The Kier molecular flexibility index (Phi) is 12.8. The monoisotopic (exact) mass is 537 g/mol. The lowest BCUT2D eigenvalue weighted by Gasteiger charge is -2.36. The number of ether oxygens (including phenoxy) is 1. The van der Waals surface area contributed by atoms with Gasteiger partial charge in [-0.3, -0.25) is 9.69 Å². The fraction of sp³-hybridized carbons (Fsp3) is 0.593. The summed E-state index contributed by atoms with van der Waals surface area (Å²) < 4.78 is 32.7. The van der Waals surface area contributed by atoms with Gasteiger partial charge in [-0.05, 0) is 84.8 Å². The maximum Gasteiger partial charge on any atom is 0.243 e. The quantitative estimate of drug-likeness (QED) is 0.279. The Morgan fingerprint density at radius 3 is 2.24 bits per heavy atom. The molecule has 0 spiro atoms. The molecule has 0 saturated heterocycles. The molecule has 9 nitrogen and oxygen atoms in total. The molecule has 1 aromatic rings. The van der Waals surface area contributed by atoms with E-state index in [1.165, 1.54) is 11.4 Å². The van der Waals surface area contributed by atoms with Gasteiger partial charge in [0.15, 0.2) is 0 Å². The Bertz CT molecular complexity index is 1040. The molecule has 210 valence electrons. The molecule has 0 saturated carbocycles. The number of rotatable bonds is 16. The van der Waals surface area contributed by atoms with Gasteiger partial charge in [0.2, 0.25) is 15.9 Å². The van der Waals surface area contributed by atoms with E-state index in [1.807, 2.05) is 20.0 Å². The molecule has 1 amide bonds. The van der Waals surface area contributed by atoms with E-state index in [2.05, 4.69) is 48.3 Å². The van der Waals surface area contributed by atoms with Gasteiger partial charge in [0.25, 0.3) is 0 Å². The van der Waals surface area contributed by atoms with Crippen molar-refractivity contribution in [3.8, 4) is 5.75 Å². The normalized spacial score (nSPS) is 12.7. The van der Waals surface area contributed by atoms with Crippen LogP contribution in [0.5, 0.6) is 5.75 Å². The number of benzene rings is 1. The minimum Gasteiger partial charge on any atom is -0.497 e. The molecular weight excluding hydrogens is 490 g/mol. The van der Waals surface area contributed by atoms with Crippen molar-refractivity contribution in [2.45, 2.75) is 64.3 Å². The molecule has 0 aliphatic rings. The first-order valence-electron chi connectivity index (χ1n) is 12.5. The third kappa shape index (κ3) is 9.77. The lowest BCUT2D eigenvalue weighted by molar-refractivity contribution is -0.120. The van der Waals surface area contributed by atoms with Crippen LogP contribution in [-0.4, -0.2) is 77.1 Å². The fourth-order valence-electron chi connectivity index (χ4n) is 3.83. The molecule has 0 aliphatic carbocycles. The largest absolute Gasteiger partial charge is 0.497 e. The zero-order valence-electron chi connectivity index (χ0n) is 24.1. The highest BCUT2D eigenvalue weighted by Gasteiger charge is 2.26. The molecular formula is C27H47N5O4S. The van der Waals surface area contributed by atoms with Crippen LogP contribution in [-0.2, 0) is 14.8 Å². The third-order valence-electron chi connectivity index (χ3n) is 6.53. The summed E-state index contributed by atoms with van der Waals surface area (Å²) in [5.74, 6) is 0.343. The van der Waals surface area contributed by atoms with E-state index < -0.39 is 10.0 Å². The highest BCUT2D eigenvalue weighted by Crippen LogP contribution is 2.27. The van der Waals surface area contributed by atoms with E-state index in [4.69, 9.17) is 4.74 Å². The summed E-state index contributed by atoms with van der Waals surface area (Å²) >= 11 is 0. The van der Waals surface area contributed by atoms with Crippen LogP contribution in [0.4, 0.5) is 0 Å². The van der Waals surface area contributed by atoms with Crippen molar-refractivity contribution >= 4 is 15.9 Å². The molecule has 0 atom stereocenters. The van der Waals surface area contributed by atoms with Crippen molar-refractivity contribution in [2.75, 3.05) is 48.0 Å². The Balaban J connectivity index is 2.59. The van der Waals surface area contributed by atoms with E-state index in [9.17, 15) is 13.2 Å². The van der Waals surface area contributed by atoms with Gasteiger partial charge >= 0.3 is 0 Å². The van der Waals surface area contributed by atoms with Crippen LogP contribution < -0.4 is 20.7 Å². The zero-order chi connectivity index (χ0) is 28.4. The van der Waals surface area contributed by atoms with Crippen molar-refractivity contribution < 1.29 is 17.9 Å². The summed E-state index contributed by atoms with van der Waals surface area (Å²) in [6.45, 7) is 15.4. The summed E-state index contributed by atoms with van der Waals surface area (Å²) in [4.78, 5) is 15.0. The number of aryl methyl sites for hydroxylation is 2. The minimum absolute atomic E-state index is 0.0315. The molecule has 0 radical (unpaired) electrons. The van der Waals surface area contributed by atoms with Gasteiger partial charge < -0.3 is 20.7 Å². The number of allylic oxidation sites excluding steroid dienone is 3. The maximum absolute atomic E-state index is 13.1. The number of nitrogens with zero attached hydrogens (tertiary/aromatic N) is 2. The van der Waals surface area contributed by atoms with E-state index in [0.717, 1.165) is 18.9 Å². The topological polar surface area (TPSA) is 103 Å². The second-order valence-electron chi connectivity index (χ2n) is 10.0. The Morgan fingerprint density at radius 1 is 1.14 bits per heavy atom. The summed E-state index contributed by atoms with van der Waals surface area (Å²) in [5, 5.41) is 9.48. The predicted molar refractivity (Wildman–Crippen MR) is 151 cm³/mol. The first-order chi connectivity index (χ1) is 17.2. The Labute approximate surface area is 224 Å². The summed E-state index contributed by atoms with van der Waals surface area (Å²) in [6, 6.07) is 3.39. The number of nitrogens with one attached hydrogen (secondary N) is 3. The van der Waals surface area contributed by atoms with E-state index in [0.29, 0.717) is 35.4 Å². The number of sulfonamides is 1. The predicted octanol–water partition coefficient (Wildman–Crippen LogP) is 3.11. The molecule has 0 aliphatic heterocycles. The second-order valence-corrected chi connectivity index (χ2v) is 12.0. The molecule has 37 heavy (non-hydrogen) atoms. The highest BCUT2D eigenvalue weighted by atomic mass is 32.2. The summed E-state index contributed by atoms with van der Waals surface area (Å²) in [6.07, 6.45) is 3.37. The molecule has 0 bridgehead atoms. The van der Waals surface area contributed by atoms with Gasteiger partial charge in [0, 0.05) is 50.2 Å². The summed E-state index contributed by atoms with van der Waals surface area (Å²) in [7, 11) is 3.28. The average molecular weight is 538 g/mol. The van der Waals surface area contributed by atoms with E-state index >= 15 is 0 Å². The van der Waals surface area contributed by atoms with Crippen molar-refractivity contribution in [1.82, 2.24) is 25.2 Å². The molecule has 0 aromatic heterocycles. The first kappa shape index (κ1) is 32.6. The van der Waals surface area contributed by atoms with Crippen molar-refractivity contribution in [3.63, 3.8) is 0 Å². The summed E-state index contributed by atoms with van der Waals surface area (Å²) in [5.41, 5.74) is 2.85. The number of amides is 1. The van der Waals surface area contributed by atoms with Gasteiger partial charge in [0.1, 0.15) is 5.75 Å². The van der Waals surface area contributed by atoms with Crippen molar-refractivity contribution in [1.29, 1.82) is 0 Å². The van der Waals surface area contributed by atoms with Gasteiger partial charge in [-0.1, -0.05) is 12.7 Å². The van der Waals surface area contributed by atoms with Gasteiger partial charge in [0.05, 0.1) is 12.0 Å². The molecule has 1 rings (SSSR count). The third-order valence-corrected chi connectivity index (χ3v) is 8.69. The van der Waals surface area contributed by atoms with Gasteiger partial charge in [-0.25, -0.2) is 12.7 Å². The molecule has 0 unspecified atom stereocenters. The van der Waals surface area contributed by atoms with Crippen LogP contribution in [0.1, 0.15) is 51.2 Å². The highest BCUT2D eigenvalue weighted by molar-refractivity contribution is 7.89. The van der Waals surface area contributed by atoms with E-state index in [1.54, 1.807) is 33.1 Å². The number of carbonyl (C=O) groups excluding carboxylic acids is 1. The molecule has 0 heterocycles. The minimum atomic E-state index is -3.75. The van der Waals surface area contributed by atoms with Crippen LogP contribution in [0.25, 0.3) is 0 Å². The SMILES string of the molecule is C=C(CC/C(=C\C)NCC(C)(C)N(C)CNC)NC(=O)CCN(C)S(=O)(=O)c1c(C)cc(OC)cc1C. The zero-order valence-corrected chi connectivity index (χ0v) is 24.9. The number of hydrogen-bond donors (Lipinski definition) is 3. The van der Waals surface area contributed by atoms with Crippen LogP contribution in [0, 0.1) is 13.8 Å². The van der Waals surface area contributed by atoms with E-state index in [-0.39, 0.29) is 29.3 Å². The lowest BCUT2D eigenvalue weighted by Crippen LogP contribution is -2.51. The number of likely N-dealkylation sites (N-methyl/N-ethyl adjacent to an activating group) is 1. The second kappa shape index (κ2) is 14.5. The van der Waals surface area contributed by atoms with Gasteiger partial charge in [-0.15, -0.1) is 0 Å². The first-order valence-corrected chi connectivity index (χ1v) is 14.0.